The van der Waals surface area contributed by atoms with Gasteiger partial charge >= 0.3 is 30.1 Å². The summed E-state index contributed by atoms with van der Waals surface area (Å²) < 4.78 is 57.7. The topological polar surface area (TPSA) is 128 Å². The summed E-state index contributed by atoms with van der Waals surface area (Å²) in [7, 11) is -6.68. The van der Waals surface area contributed by atoms with Gasteiger partial charge in [0.1, 0.15) is 0 Å². The van der Waals surface area contributed by atoms with Crippen molar-refractivity contribution in [3.8, 4) is 0 Å². The molecule has 12 heteroatoms. The maximum absolute atomic E-state index is 13.0. The van der Waals surface area contributed by atoms with Gasteiger partial charge in [0.15, 0.2) is 0 Å². The fraction of sp³-hybridized carbons (Fsp3) is 0.125. The Morgan fingerprint density at radius 1 is 0.821 bits per heavy atom. The second-order valence-electron chi connectivity index (χ2n) is 5.66. The molecule has 0 atom stereocenters. The highest BCUT2D eigenvalue weighted by Gasteiger charge is 2.44. The Kier molecular flexibility index (Phi) is 5.00. The van der Waals surface area contributed by atoms with E-state index in [1.807, 2.05) is 0 Å². The molecule has 0 radical (unpaired) electrons. The molecule has 0 unspecified atom stereocenters. The lowest BCUT2D eigenvalue weighted by atomic mass is 10.3. The Morgan fingerprint density at radius 3 is 1.71 bits per heavy atom. The van der Waals surface area contributed by atoms with Gasteiger partial charge in [0.05, 0.1) is 16.5 Å². The highest BCUT2D eigenvalue weighted by Crippen LogP contribution is 2.27. The monoisotopic (exact) mass is 424 g/mol. The summed E-state index contributed by atoms with van der Waals surface area (Å²) in [5.41, 5.74) is 0.478. The van der Waals surface area contributed by atoms with Crippen LogP contribution in [0.15, 0.2) is 75.3 Å². The molecule has 0 fully saturated rings. The van der Waals surface area contributed by atoms with Crippen LogP contribution in [-0.4, -0.2) is 36.1 Å². The fourth-order valence-electron chi connectivity index (χ4n) is 2.40. The van der Waals surface area contributed by atoms with Gasteiger partial charge in [-0.15, -0.1) is 0 Å². The standard InChI is InChI=1S/C16H16N4O6S2/c1-18(13-9-5-3-6-10-13)27(22,23)15-16(20(21)26-17-15)28(24,25)19(2)14-11-7-4-8-12-14/h3-12H,1-2H3. The highest BCUT2D eigenvalue weighted by molar-refractivity contribution is 7.95. The lowest BCUT2D eigenvalue weighted by Crippen LogP contribution is -2.39. The number of para-hydroxylation sites is 2. The fourth-order valence-corrected chi connectivity index (χ4v) is 5.25. The summed E-state index contributed by atoms with van der Waals surface area (Å²) in [5.74, 6) is 0. The van der Waals surface area contributed by atoms with Crippen molar-refractivity contribution in [1.29, 1.82) is 0 Å². The van der Waals surface area contributed by atoms with Gasteiger partial charge in [-0.05, 0) is 29.2 Å². The van der Waals surface area contributed by atoms with E-state index in [0.717, 1.165) is 8.61 Å². The van der Waals surface area contributed by atoms with Gasteiger partial charge in [-0.2, -0.15) is 16.8 Å². The Bertz CT molecular complexity index is 1180. The SMILES string of the molecule is CN(c1ccccc1)S(=O)(=O)c1no[n+]([O-])c1S(=O)(=O)N(C)c1ccccc1. The van der Waals surface area contributed by atoms with Gasteiger partial charge in [0.2, 0.25) is 0 Å². The zero-order valence-corrected chi connectivity index (χ0v) is 16.5. The molecule has 0 saturated heterocycles. The second-order valence-corrected chi connectivity index (χ2v) is 9.43. The van der Waals surface area contributed by atoms with Crippen LogP contribution in [0.2, 0.25) is 0 Å². The molecule has 1 heterocycles. The van der Waals surface area contributed by atoms with Crippen LogP contribution in [0.3, 0.4) is 0 Å². The first-order valence-electron chi connectivity index (χ1n) is 7.85. The molecule has 0 saturated carbocycles. The van der Waals surface area contributed by atoms with Gasteiger partial charge in [-0.3, -0.25) is 13.2 Å². The number of sulfonamides is 2. The molecule has 0 aliphatic heterocycles. The normalized spacial score (nSPS) is 11.9. The number of benzene rings is 2. The number of hydrogen-bond acceptors (Lipinski definition) is 7. The van der Waals surface area contributed by atoms with Crippen LogP contribution in [0.4, 0.5) is 11.4 Å². The highest BCUT2D eigenvalue weighted by atomic mass is 32.2. The summed E-state index contributed by atoms with van der Waals surface area (Å²) in [5, 5.41) is 13.1. The first-order valence-corrected chi connectivity index (χ1v) is 10.7. The molecule has 3 aromatic rings. The molecule has 148 valence electrons. The third-order valence-corrected chi connectivity index (χ3v) is 7.58. The third-order valence-electron chi connectivity index (χ3n) is 4.00. The average molecular weight is 424 g/mol. The van der Waals surface area contributed by atoms with E-state index in [4.69, 9.17) is 0 Å². The zero-order valence-electron chi connectivity index (χ0n) is 14.8. The third kappa shape index (κ3) is 3.27. The van der Waals surface area contributed by atoms with Gasteiger partial charge in [-0.1, -0.05) is 36.4 Å². The van der Waals surface area contributed by atoms with Crippen molar-refractivity contribution >= 4 is 31.4 Å². The van der Waals surface area contributed by atoms with Crippen molar-refractivity contribution in [2.75, 3.05) is 22.7 Å². The Morgan fingerprint density at radius 2 is 1.25 bits per heavy atom. The molecule has 10 nitrogen and oxygen atoms in total. The first kappa shape index (κ1) is 19.6. The van der Waals surface area contributed by atoms with Crippen LogP contribution >= 0.6 is 0 Å². The van der Waals surface area contributed by atoms with Crippen LogP contribution in [0.1, 0.15) is 0 Å². The van der Waals surface area contributed by atoms with Gasteiger partial charge in [-0.25, -0.2) is 0 Å². The summed E-state index contributed by atoms with van der Waals surface area (Å²) in [6, 6.07) is 15.8. The van der Waals surface area contributed by atoms with E-state index in [2.05, 4.69) is 9.79 Å². The Hall–Kier alpha value is -3.12. The largest absolute Gasteiger partial charge is 0.372 e. The van der Waals surface area contributed by atoms with Gasteiger partial charge < -0.3 is 5.21 Å². The van der Waals surface area contributed by atoms with E-state index >= 15 is 0 Å². The second kappa shape index (κ2) is 7.13. The van der Waals surface area contributed by atoms with Crippen molar-refractivity contribution in [2.24, 2.45) is 0 Å². The molecule has 28 heavy (non-hydrogen) atoms. The maximum atomic E-state index is 13.0. The first-order chi connectivity index (χ1) is 13.2. The molecule has 1 aromatic heterocycles. The van der Waals surface area contributed by atoms with Crippen molar-refractivity contribution in [2.45, 2.75) is 10.1 Å². The molecular formula is C16H16N4O6S2. The molecule has 0 amide bonds. The Balaban J connectivity index is 2.12. The summed E-state index contributed by atoms with van der Waals surface area (Å²) in [6.45, 7) is 0. The van der Waals surface area contributed by atoms with Gasteiger partial charge in [0.25, 0.3) is 0 Å². The van der Waals surface area contributed by atoms with Crippen LogP contribution in [0, 0.1) is 5.21 Å². The quantitative estimate of drug-likeness (QED) is 0.539. The minimum Gasteiger partial charge on any atom is -0.358 e. The number of rotatable bonds is 6. The van der Waals surface area contributed by atoms with E-state index in [0.29, 0.717) is 0 Å². The lowest BCUT2D eigenvalue weighted by molar-refractivity contribution is -0.832. The predicted molar refractivity (Wildman–Crippen MR) is 99.5 cm³/mol. The maximum Gasteiger partial charge on any atom is 0.372 e. The molecule has 0 aliphatic rings. The molecule has 0 bridgehead atoms. The van der Waals surface area contributed by atoms with E-state index in [1.54, 1.807) is 36.4 Å². The minimum absolute atomic E-state index is 0.225. The van der Waals surface area contributed by atoms with Crippen molar-refractivity contribution < 1.29 is 26.4 Å². The van der Waals surface area contributed by atoms with Gasteiger partial charge in [0, 0.05) is 14.1 Å². The van der Waals surface area contributed by atoms with E-state index in [-0.39, 0.29) is 11.4 Å². The van der Waals surface area contributed by atoms with Crippen LogP contribution in [-0.2, 0) is 20.0 Å². The van der Waals surface area contributed by atoms with E-state index in [1.165, 1.54) is 38.4 Å². The number of aromatic nitrogens is 2. The molecule has 0 aliphatic carbocycles. The lowest BCUT2D eigenvalue weighted by Gasteiger charge is -2.19. The van der Waals surface area contributed by atoms with Crippen LogP contribution in [0.25, 0.3) is 0 Å². The van der Waals surface area contributed by atoms with Crippen LogP contribution < -0.4 is 13.5 Å². The number of hydrogen-bond donors (Lipinski definition) is 0. The average Bonchev–Trinajstić information content (AvgIpc) is 3.11. The molecule has 3 rings (SSSR count). The van der Waals surface area contributed by atoms with E-state index in [9.17, 15) is 22.0 Å². The summed E-state index contributed by atoms with van der Waals surface area (Å²) in [4.78, 5) is -0.430. The van der Waals surface area contributed by atoms with Crippen molar-refractivity contribution in [3.05, 3.63) is 65.9 Å². The van der Waals surface area contributed by atoms with E-state index < -0.39 is 35.0 Å². The molecular weight excluding hydrogens is 408 g/mol. The number of nitrogens with zero attached hydrogens (tertiary/aromatic N) is 4. The Labute approximate surface area is 161 Å². The molecule has 0 spiro atoms. The minimum atomic E-state index is -4.59. The smallest absolute Gasteiger partial charge is 0.358 e. The number of anilines is 2. The predicted octanol–water partition coefficient (Wildman–Crippen LogP) is 0.958. The van der Waals surface area contributed by atoms with Crippen molar-refractivity contribution in [1.82, 2.24) is 5.16 Å². The molecule has 0 N–H and O–H groups in total. The summed E-state index contributed by atoms with van der Waals surface area (Å²) in [6.07, 6.45) is 0. The summed E-state index contributed by atoms with van der Waals surface area (Å²) >= 11 is 0. The van der Waals surface area contributed by atoms with Crippen molar-refractivity contribution in [3.63, 3.8) is 0 Å². The zero-order chi connectivity index (χ0) is 20.5. The molecule has 2 aromatic carbocycles. The van der Waals surface area contributed by atoms with Crippen LogP contribution in [0.5, 0.6) is 0 Å².